The summed E-state index contributed by atoms with van der Waals surface area (Å²) in [7, 11) is 0. The zero-order chi connectivity index (χ0) is 9.56. The Morgan fingerprint density at radius 3 is 2.25 bits per heavy atom. The largest absolute Gasteiger partial charge is 0.393 e. The summed E-state index contributed by atoms with van der Waals surface area (Å²) in [6.45, 7) is 6.97. The van der Waals surface area contributed by atoms with E-state index in [-0.39, 0.29) is 12.0 Å². The van der Waals surface area contributed by atoms with E-state index in [2.05, 4.69) is 20.8 Å². The Morgan fingerprint density at radius 2 is 1.92 bits per heavy atom. The quantitative estimate of drug-likeness (QED) is 0.643. The second-order valence-corrected chi connectivity index (χ2v) is 3.85. The fraction of sp³-hybridized carbons (Fsp3) is 1.00. The molecule has 0 rings (SSSR count). The van der Waals surface area contributed by atoms with Crippen molar-refractivity contribution < 1.29 is 5.11 Å². The van der Waals surface area contributed by atoms with Crippen LogP contribution < -0.4 is 5.73 Å². The molecule has 0 aromatic carbocycles. The molecule has 0 saturated carbocycles. The van der Waals surface area contributed by atoms with Gasteiger partial charge in [0.2, 0.25) is 0 Å². The molecule has 74 valence electrons. The predicted molar refractivity (Wildman–Crippen MR) is 52.9 cm³/mol. The number of hydrogen-bond donors (Lipinski definition) is 2. The number of aliphatic hydroxyl groups is 1. The molecule has 0 bridgehead atoms. The Kier molecular flexibility index (Phi) is 6.39. The van der Waals surface area contributed by atoms with Gasteiger partial charge in [0.1, 0.15) is 0 Å². The van der Waals surface area contributed by atoms with Crippen LogP contribution in [0.5, 0.6) is 0 Å². The number of hydrogen-bond acceptors (Lipinski definition) is 2. The van der Waals surface area contributed by atoms with E-state index in [9.17, 15) is 5.11 Å². The molecule has 3 N–H and O–H groups in total. The van der Waals surface area contributed by atoms with Crippen molar-refractivity contribution in [2.45, 2.75) is 46.1 Å². The molecular weight excluding hydrogens is 150 g/mol. The van der Waals surface area contributed by atoms with Gasteiger partial charge in [0.25, 0.3) is 0 Å². The fourth-order valence-electron chi connectivity index (χ4n) is 1.50. The summed E-state index contributed by atoms with van der Waals surface area (Å²) >= 11 is 0. The number of rotatable bonds is 6. The molecule has 0 spiro atoms. The Hall–Kier alpha value is -0.0800. The van der Waals surface area contributed by atoms with Gasteiger partial charge in [0.15, 0.2) is 0 Å². The molecule has 0 heterocycles. The summed E-state index contributed by atoms with van der Waals surface area (Å²) in [4.78, 5) is 0. The third-order valence-corrected chi connectivity index (χ3v) is 2.48. The lowest BCUT2D eigenvalue weighted by atomic mass is 9.88. The molecule has 2 nitrogen and oxygen atoms in total. The highest BCUT2D eigenvalue weighted by atomic mass is 16.3. The van der Waals surface area contributed by atoms with E-state index in [1.165, 1.54) is 0 Å². The van der Waals surface area contributed by atoms with E-state index in [0.29, 0.717) is 12.5 Å². The highest BCUT2D eigenvalue weighted by Crippen LogP contribution is 2.18. The lowest BCUT2D eigenvalue weighted by molar-refractivity contribution is 0.0763. The second-order valence-electron chi connectivity index (χ2n) is 3.85. The second kappa shape index (κ2) is 6.44. The van der Waals surface area contributed by atoms with Gasteiger partial charge in [-0.3, -0.25) is 0 Å². The minimum Gasteiger partial charge on any atom is -0.393 e. The molecule has 0 amide bonds. The molecule has 2 heteroatoms. The summed E-state index contributed by atoms with van der Waals surface area (Å²) in [6, 6.07) is 0. The van der Waals surface area contributed by atoms with Gasteiger partial charge >= 0.3 is 0 Å². The summed E-state index contributed by atoms with van der Waals surface area (Å²) in [5.41, 5.74) is 5.59. The van der Waals surface area contributed by atoms with Crippen molar-refractivity contribution in [2.24, 2.45) is 17.6 Å². The molecular formula is C10H23NO. The van der Waals surface area contributed by atoms with Crippen LogP contribution in [0.15, 0.2) is 0 Å². The van der Waals surface area contributed by atoms with Crippen molar-refractivity contribution >= 4 is 0 Å². The van der Waals surface area contributed by atoms with Gasteiger partial charge in [-0.1, -0.05) is 33.6 Å². The van der Waals surface area contributed by atoms with Crippen LogP contribution in [-0.4, -0.2) is 17.8 Å². The van der Waals surface area contributed by atoms with E-state index in [4.69, 9.17) is 5.73 Å². The average molecular weight is 173 g/mol. The molecule has 0 aromatic rings. The lowest BCUT2D eigenvalue weighted by Crippen LogP contribution is -2.31. The Balaban J connectivity index is 3.77. The maximum atomic E-state index is 9.73. The van der Waals surface area contributed by atoms with Crippen LogP contribution in [0, 0.1) is 11.8 Å². The molecule has 0 saturated heterocycles. The minimum atomic E-state index is -0.199. The monoisotopic (exact) mass is 173 g/mol. The molecule has 2 atom stereocenters. The maximum Gasteiger partial charge on any atom is 0.0582 e. The molecule has 0 fully saturated rings. The summed E-state index contributed by atoms with van der Waals surface area (Å²) in [6.07, 6.45) is 2.95. The summed E-state index contributed by atoms with van der Waals surface area (Å²) in [5.74, 6) is 0.762. The van der Waals surface area contributed by atoms with Gasteiger partial charge < -0.3 is 10.8 Å². The van der Waals surface area contributed by atoms with Crippen molar-refractivity contribution in [3.63, 3.8) is 0 Å². The zero-order valence-corrected chi connectivity index (χ0v) is 8.59. The summed E-state index contributed by atoms with van der Waals surface area (Å²) in [5, 5.41) is 9.73. The fourth-order valence-corrected chi connectivity index (χ4v) is 1.50. The predicted octanol–water partition coefficient (Wildman–Crippen LogP) is 1.77. The highest BCUT2D eigenvalue weighted by Gasteiger charge is 2.19. The molecule has 0 aliphatic rings. The standard InChI is InChI=1S/C10H23NO/c1-4-5-6-10(12)9(7-11)8(2)3/h8-10,12H,4-7,11H2,1-3H3. The highest BCUT2D eigenvalue weighted by molar-refractivity contribution is 4.72. The lowest BCUT2D eigenvalue weighted by Gasteiger charge is -2.24. The van der Waals surface area contributed by atoms with Crippen molar-refractivity contribution in [1.82, 2.24) is 0 Å². The van der Waals surface area contributed by atoms with Crippen molar-refractivity contribution in [1.29, 1.82) is 0 Å². The van der Waals surface area contributed by atoms with Crippen LogP contribution in [0.3, 0.4) is 0 Å². The van der Waals surface area contributed by atoms with Crippen LogP contribution in [0.4, 0.5) is 0 Å². The molecule has 12 heavy (non-hydrogen) atoms. The first-order chi connectivity index (χ1) is 5.63. The molecule has 0 aromatic heterocycles. The first kappa shape index (κ1) is 11.9. The van der Waals surface area contributed by atoms with E-state index < -0.39 is 0 Å². The smallest absolute Gasteiger partial charge is 0.0582 e. The van der Waals surface area contributed by atoms with Gasteiger partial charge in [-0.05, 0) is 24.8 Å². The SMILES string of the molecule is CCCCC(O)C(CN)C(C)C. The number of aliphatic hydroxyl groups excluding tert-OH is 1. The topological polar surface area (TPSA) is 46.2 Å². The molecule has 0 radical (unpaired) electrons. The third kappa shape index (κ3) is 4.07. The van der Waals surface area contributed by atoms with E-state index in [1.807, 2.05) is 0 Å². The van der Waals surface area contributed by atoms with Crippen LogP contribution in [0.2, 0.25) is 0 Å². The van der Waals surface area contributed by atoms with Crippen LogP contribution in [0.1, 0.15) is 40.0 Å². The number of unbranched alkanes of at least 4 members (excludes halogenated alkanes) is 1. The first-order valence-corrected chi connectivity index (χ1v) is 5.01. The maximum absolute atomic E-state index is 9.73. The zero-order valence-electron chi connectivity index (χ0n) is 8.59. The van der Waals surface area contributed by atoms with Gasteiger partial charge in [0, 0.05) is 0 Å². The van der Waals surface area contributed by atoms with Crippen molar-refractivity contribution in [2.75, 3.05) is 6.54 Å². The van der Waals surface area contributed by atoms with Crippen molar-refractivity contribution in [3.8, 4) is 0 Å². The summed E-state index contributed by atoms with van der Waals surface area (Å²) < 4.78 is 0. The van der Waals surface area contributed by atoms with Gasteiger partial charge in [0.05, 0.1) is 6.10 Å². The van der Waals surface area contributed by atoms with Crippen LogP contribution >= 0.6 is 0 Å². The number of nitrogens with two attached hydrogens (primary N) is 1. The van der Waals surface area contributed by atoms with E-state index in [0.717, 1.165) is 19.3 Å². The van der Waals surface area contributed by atoms with Gasteiger partial charge in [-0.25, -0.2) is 0 Å². The molecule has 0 aliphatic heterocycles. The Morgan fingerprint density at radius 1 is 1.33 bits per heavy atom. The van der Waals surface area contributed by atoms with Crippen molar-refractivity contribution in [3.05, 3.63) is 0 Å². The molecule has 2 unspecified atom stereocenters. The Labute approximate surface area is 76.2 Å². The molecule has 0 aliphatic carbocycles. The van der Waals surface area contributed by atoms with Gasteiger partial charge in [-0.15, -0.1) is 0 Å². The van der Waals surface area contributed by atoms with Crippen LogP contribution in [0.25, 0.3) is 0 Å². The third-order valence-electron chi connectivity index (χ3n) is 2.48. The average Bonchev–Trinajstić information content (AvgIpc) is 2.01. The van der Waals surface area contributed by atoms with Crippen LogP contribution in [-0.2, 0) is 0 Å². The normalized spacial score (nSPS) is 16.5. The van der Waals surface area contributed by atoms with Gasteiger partial charge in [-0.2, -0.15) is 0 Å². The van der Waals surface area contributed by atoms with E-state index >= 15 is 0 Å². The Bertz CT molecular complexity index is 104. The minimum absolute atomic E-state index is 0.199. The first-order valence-electron chi connectivity index (χ1n) is 5.01. The van der Waals surface area contributed by atoms with E-state index in [1.54, 1.807) is 0 Å².